The molecule has 26 heavy (non-hydrogen) atoms. The zero-order valence-corrected chi connectivity index (χ0v) is 15.4. The third-order valence-corrected chi connectivity index (χ3v) is 6.45. The minimum Gasteiger partial charge on any atom is -0.355 e. The zero-order valence-electron chi connectivity index (χ0n) is 14.6. The molecule has 6 heteroatoms. The second-order valence-electron chi connectivity index (χ2n) is 6.83. The molecule has 0 bridgehead atoms. The first kappa shape index (κ1) is 17.0. The summed E-state index contributed by atoms with van der Waals surface area (Å²) in [5.74, 6) is 0.612. The normalized spacial score (nSPS) is 24.4. The van der Waals surface area contributed by atoms with Gasteiger partial charge in [-0.2, -0.15) is 0 Å². The van der Waals surface area contributed by atoms with Crippen molar-refractivity contribution in [3.05, 3.63) is 54.6 Å². The summed E-state index contributed by atoms with van der Waals surface area (Å²) in [6, 6.07) is 17.1. The van der Waals surface area contributed by atoms with Crippen molar-refractivity contribution < 1.29 is 9.59 Å². The summed E-state index contributed by atoms with van der Waals surface area (Å²) in [6.07, 6.45) is 1.35. The number of nitrogens with one attached hydrogen (secondary N) is 2. The van der Waals surface area contributed by atoms with Gasteiger partial charge in [-0.3, -0.25) is 9.59 Å². The molecule has 0 radical (unpaired) electrons. The van der Waals surface area contributed by atoms with E-state index >= 15 is 0 Å². The number of carbonyl (C=O) groups is 2. The van der Waals surface area contributed by atoms with Crippen molar-refractivity contribution in [2.75, 3.05) is 16.4 Å². The van der Waals surface area contributed by atoms with Crippen molar-refractivity contribution >= 4 is 40.6 Å². The summed E-state index contributed by atoms with van der Waals surface area (Å²) in [7, 11) is 0. The van der Waals surface area contributed by atoms with Crippen LogP contribution in [-0.2, 0) is 9.59 Å². The Hall–Kier alpha value is -2.47. The highest BCUT2D eigenvalue weighted by molar-refractivity contribution is 8.01. The van der Waals surface area contributed by atoms with Gasteiger partial charge in [-0.1, -0.05) is 24.3 Å². The van der Waals surface area contributed by atoms with Gasteiger partial charge in [0.05, 0.1) is 4.87 Å². The van der Waals surface area contributed by atoms with Crippen molar-refractivity contribution in [3.63, 3.8) is 0 Å². The van der Waals surface area contributed by atoms with Crippen LogP contribution >= 0.6 is 11.8 Å². The van der Waals surface area contributed by atoms with Crippen LogP contribution in [0, 0.1) is 0 Å². The van der Waals surface area contributed by atoms with E-state index in [1.54, 1.807) is 16.7 Å². The second-order valence-corrected chi connectivity index (χ2v) is 8.33. The molecule has 2 fully saturated rings. The molecule has 2 heterocycles. The molecule has 0 spiro atoms. The standard InChI is InChI=1S/C20H21N3O2S/c1-20-11-10-18(24)23(20)17(13-26-20)19(25)22-16-9-5-8-15(12-16)21-14-6-3-2-4-7-14/h2-9,12,17,21H,10-11,13H2,1H3,(H,22,25). The third-order valence-electron chi connectivity index (χ3n) is 4.94. The molecule has 2 aromatic carbocycles. The lowest BCUT2D eigenvalue weighted by atomic mass is 10.2. The van der Waals surface area contributed by atoms with Gasteiger partial charge in [-0.05, 0) is 43.7 Å². The summed E-state index contributed by atoms with van der Waals surface area (Å²) in [6.45, 7) is 2.06. The van der Waals surface area contributed by atoms with Gasteiger partial charge >= 0.3 is 0 Å². The Kier molecular flexibility index (Phi) is 4.36. The van der Waals surface area contributed by atoms with Crippen molar-refractivity contribution in [1.29, 1.82) is 0 Å². The molecule has 0 aromatic heterocycles. The van der Waals surface area contributed by atoms with E-state index in [1.807, 2.05) is 54.6 Å². The van der Waals surface area contributed by atoms with Gasteiger partial charge in [0.25, 0.3) is 0 Å². The predicted molar refractivity (Wildman–Crippen MR) is 106 cm³/mol. The van der Waals surface area contributed by atoms with Gasteiger partial charge in [0.15, 0.2) is 0 Å². The summed E-state index contributed by atoms with van der Waals surface area (Å²) < 4.78 is 0. The van der Waals surface area contributed by atoms with Crippen LogP contribution in [0.4, 0.5) is 17.1 Å². The quantitative estimate of drug-likeness (QED) is 0.862. The molecule has 0 aliphatic carbocycles. The summed E-state index contributed by atoms with van der Waals surface area (Å²) in [4.78, 5) is 26.5. The van der Waals surface area contributed by atoms with Gasteiger partial charge in [-0.15, -0.1) is 11.8 Å². The van der Waals surface area contributed by atoms with E-state index in [4.69, 9.17) is 0 Å². The first-order valence-electron chi connectivity index (χ1n) is 8.74. The van der Waals surface area contributed by atoms with Gasteiger partial charge in [0.2, 0.25) is 11.8 Å². The Morgan fingerprint density at radius 2 is 1.85 bits per heavy atom. The minimum absolute atomic E-state index is 0.0807. The van der Waals surface area contributed by atoms with Crippen molar-refractivity contribution in [2.24, 2.45) is 0 Å². The molecule has 2 aliphatic heterocycles. The SMILES string of the molecule is CC12CCC(=O)N1C(C(=O)Nc1cccc(Nc3ccccc3)c1)CS2. The molecule has 2 N–H and O–H groups in total. The Labute approximate surface area is 157 Å². The molecule has 2 saturated heterocycles. The number of carbonyl (C=O) groups excluding carboxylic acids is 2. The lowest BCUT2D eigenvalue weighted by molar-refractivity contribution is -0.135. The lowest BCUT2D eigenvalue weighted by Gasteiger charge is -2.29. The van der Waals surface area contributed by atoms with Gasteiger partial charge in [0, 0.05) is 29.2 Å². The van der Waals surface area contributed by atoms with Gasteiger partial charge in [-0.25, -0.2) is 0 Å². The monoisotopic (exact) mass is 367 g/mol. The van der Waals surface area contributed by atoms with Crippen LogP contribution in [0.1, 0.15) is 19.8 Å². The number of fused-ring (bicyclic) bond motifs is 1. The van der Waals surface area contributed by atoms with Crippen LogP contribution < -0.4 is 10.6 Å². The highest BCUT2D eigenvalue weighted by Crippen LogP contribution is 2.47. The van der Waals surface area contributed by atoms with E-state index < -0.39 is 6.04 Å². The maximum absolute atomic E-state index is 12.8. The lowest BCUT2D eigenvalue weighted by Crippen LogP contribution is -2.48. The van der Waals surface area contributed by atoms with E-state index in [0.29, 0.717) is 12.2 Å². The Bertz CT molecular complexity index is 842. The van der Waals surface area contributed by atoms with Crippen molar-refractivity contribution in [3.8, 4) is 0 Å². The number of benzene rings is 2. The highest BCUT2D eigenvalue weighted by Gasteiger charge is 2.52. The van der Waals surface area contributed by atoms with Crippen LogP contribution in [0.3, 0.4) is 0 Å². The molecular weight excluding hydrogens is 346 g/mol. The molecule has 2 atom stereocenters. The fraction of sp³-hybridized carbons (Fsp3) is 0.300. The molecule has 134 valence electrons. The van der Waals surface area contributed by atoms with E-state index in [-0.39, 0.29) is 16.7 Å². The van der Waals surface area contributed by atoms with Crippen LogP contribution in [0.5, 0.6) is 0 Å². The van der Waals surface area contributed by atoms with Crippen LogP contribution in [0.25, 0.3) is 0 Å². The molecule has 0 saturated carbocycles. The fourth-order valence-electron chi connectivity index (χ4n) is 3.60. The summed E-state index contributed by atoms with van der Waals surface area (Å²) in [5.41, 5.74) is 2.61. The molecule has 2 amide bonds. The topological polar surface area (TPSA) is 61.4 Å². The zero-order chi connectivity index (χ0) is 18.1. The number of para-hydroxylation sites is 1. The highest BCUT2D eigenvalue weighted by atomic mass is 32.2. The number of hydrogen-bond donors (Lipinski definition) is 2. The number of anilines is 3. The minimum atomic E-state index is -0.397. The average Bonchev–Trinajstić information content (AvgIpc) is 3.12. The Morgan fingerprint density at radius 3 is 2.65 bits per heavy atom. The smallest absolute Gasteiger partial charge is 0.248 e. The Morgan fingerprint density at radius 1 is 1.12 bits per heavy atom. The largest absolute Gasteiger partial charge is 0.355 e. The number of amides is 2. The third kappa shape index (κ3) is 3.17. The van der Waals surface area contributed by atoms with E-state index in [1.165, 1.54) is 0 Å². The average molecular weight is 367 g/mol. The first-order valence-corrected chi connectivity index (χ1v) is 9.73. The van der Waals surface area contributed by atoms with E-state index in [9.17, 15) is 9.59 Å². The van der Waals surface area contributed by atoms with E-state index in [2.05, 4.69) is 17.6 Å². The number of hydrogen-bond acceptors (Lipinski definition) is 4. The maximum atomic E-state index is 12.8. The number of rotatable bonds is 4. The van der Waals surface area contributed by atoms with Crippen LogP contribution in [-0.4, -0.2) is 33.4 Å². The molecule has 4 rings (SSSR count). The predicted octanol–water partition coefficient (Wildman–Crippen LogP) is 3.82. The molecule has 2 unspecified atom stereocenters. The summed E-state index contributed by atoms with van der Waals surface area (Å²) in [5, 5.41) is 6.29. The van der Waals surface area contributed by atoms with Crippen LogP contribution in [0.2, 0.25) is 0 Å². The molecule has 2 aromatic rings. The Balaban J connectivity index is 1.47. The molecule has 5 nitrogen and oxygen atoms in total. The number of thioether (sulfide) groups is 1. The van der Waals surface area contributed by atoms with Crippen molar-refractivity contribution in [1.82, 2.24) is 4.90 Å². The molecular formula is C20H21N3O2S. The van der Waals surface area contributed by atoms with E-state index in [0.717, 1.165) is 23.5 Å². The summed E-state index contributed by atoms with van der Waals surface area (Å²) >= 11 is 1.70. The van der Waals surface area contributed by atoms with Crippen molar-refractivity contribution in [2.45, 2.75) is 30.7 Å². The molecule has 2 aliphatic rings. The van der Waals surface area contributed by atoms with Gasteiger partial charge < -0.3 is 15.5 Å². The first-order chi connectivity index (χ1) is 12.5. The number of nitrogens with zero attached hydrogens (tertiary/aromatic N) is 1. The maximum Gasteiger partial charge on any atom is 0.248 e. The fourth-order valence-corrected chi connectivity index (χ4v) is 5.04. The second kappa shape index (κ2) is 6.68. The van der Waals surface area contributed by atoms with Crippen LogP contribution in [0.15, 0.2) is 54.6 Å². The van der Waals surface area contributed by atoms with Gasteiger partial charge in [0.1, 0.15) is 6.04 Å².